The van der Waals surface area contributed by atoms with Gasteiger partial charge in [0.2, 0.25) is 0 Å². The zero-order valence-corrected chi connectivity index (χ0v) is 8.99. The van der Waals surface area contributed by atoms with Crippen molar-refractivity contribution in [1.82, 2.24) is 0 Å². The molecule has 1 atom stereocenters. The molecule has 0 amide bonds. The third kappa shape index (κ3) is 9.53. The Bertz CT molecular complexity index is 183. The Kier molecular flexibility index (Phi) is 8.21. The summed E-state index contributed by atoms with van der Waals surface area (Å²) in [5.74, 6) is -1.48. The Balaban J connectivity index is 0. The molecular weight excluding hydrogens is 195 g/mol. The van der Waals surface area contributed by atoms with Crippen molar-refractivity contribution >= 4 is 13.6 Å². The second-order valence-corrected chi connectivity index (χ2v) is 4.56. The van der Waals surface area contributed by atoms with Crippen molar-refractivity contribution in [3.05, 3.63) is 0 Å². The Morgan fingerprint density at radius 3 is 1.62 bits per heavy atom. The van der Waals surface area contributed by atoms with Crippen LogP contribution in [-0.4, -0.2) is 26.5 Å². The minimum absolute atomic E-state index is 0.961. The number of rotatable bonds is 3. The van der Waals surface area contributed by atoms with Crippen LogP contribution in [0.4, 0.5) is 0 Å². The Morgan fingerprint density at radius 1 is 1.31 bits per heavy atom. The van der Waals surface area contributed by atoms with E-state index in [-0.39, 0.29) is 0 Å². The van der Waals surface area contributed by atoms with Gasteiger partial charge in [-0.1, -0.05) is 26.7 Å². The van der Waals surface area contributed by atoms with Gasteiger partial charge in [0.05, 0.1) is 0 Å². The van der Waals surface area contributed by atoms with Gasteiger partial charge in [0.15, 0.2) is 5.66 Å². The van der Waals surface area contributed by atoms with Gasteiger partial charge in [-0.3, -0.25) is 9.36 Å². The molecule has 0 saturated heterocycles. The fourth-order valence-corrected chi connectivity index (χ4v) is 0.432. The molecule has 0 aromatic rings. The molecule has 13 heavy (non-hydrogen) atoms. The Morgan fingerprint density at radius 2 is 1.62 bits per heavy atom. The van der Waals surface area contributed by atoms with Crippen LogP contribution in [0.25, 0.3) is 0 Å². The van der Waals surface area contributed by atoms with E-state index in [1.165, 1.54) is 12.8 Å². The van der Waals surface area contributed by atoms with E-state index in [9.17, 15) is 9.36 Å². The lowest BCUT2D eigenvalue weighted by Crippen LogP contribution is -2.15. The number of unbranched alkanes of at least 4 members (excludes halogenated alkanes) is 1. The highest BCUT2D eigenvalue weighted by molar-refractivity contribution is 7.53. The SMILES string of the molecule is CC(C(=O)O)P(=O)(O)O.CCCC. The molecule has 3 N–H and O–H groups in total. The minimum Gasteiger partial charge on any atom is -0.481 e. The Labute approximate surface area is 77.9 Å². The summed E-state index contributed by atoms with van der Waals surface area (Å²) in [6, 6.07) is 0. The maximum Gasteiger partial charge on any atom is 0.339 e. The molecule has 6 heteroatoms. The Hall–Kier alpha value is -0.380. The summed E-state index contributed by atoms with van der Waals surface area (Å²) in [6.45, 7) is 5.32. The van der Waals surface area contributed by atoms with Gasteiger partial charge in [-0.15, -0.1) is 0 Å². The van der Waals surface area contributed by atoms with Crippen LogP contribution in [0.15, 0.2) is 0 Å². The average molecular weight is 212 g/mol. The van der Waals surface area contributed by atoms with E-state index in [4.69, 9.17) is 14.9 Å². The summed E-state index contributed by atoms with van der Waals surface area (Å²) in [5.41, 5.74) is -1.60. The third-order valence-corrected chi connectivity index (χ3v) is 2.59. The summed E-state index contributed by atoms with van der Waals surface area (Å²) >= 11 is 0. The highest BCUT2D eigenvalue weighted by Gasteiger charge is 2.30. The van der Waals surface area contributed by atoms with Crippen LogP contribution in [0.1, 0.15) is 33.6 Å². The summed E-state index contributed by atoms with van der Waals surface area (Å²) in [5, 5.41) is 8.03. The minimum atomic E-state index is -4.41. The van der Waals surface area contributed by atoms with E-state index in [1.54, 1.807) is 0 Å². The largest absolute Gasteiger partial charge is 0.481 e. The quantitative estimate of drug-likeness (QED) is 0.615. The van der Waals surface area contributed by atoms with Crippen molar-refractivity contribution in [2.45, 2.75) is 39.3 Å². The molecule has 0 aromatic heterocycles. The summed E-state index contributed by atoms with van der Waals surface area (Å²) < 4.78 is 10.1. The number of hydrogen-bond donors (Lipinski definition) is 3. The zero-order chi connectivity index (χ0) is 11.1. The van der Waals surface area contributed by atoms with Crippen molar-refractivity contribution in [3.8, 4) is 0 Å². The predicted octanol–water partition coefficient (Wildman–Crippen LogP) is 1.44. The van der Waals surface area contributed by atoms with Crippen LogP contribution >= 0.6 is 7.60 Å². The molecule has 0 fully saturated rings. The molecule has 0 rings (SSSR count). The zero-order valence-electron chi connectivity index (χ0n) is 8.10. The molecule has 0 aliphatic carbocycles. The standard InChI is InChI=1S/C4H10.C3H7O5P/c1-3-4-2;1-2(3(4)5)9(6,7)8/h3-4H2,1-2H3;2H,1H3,(H,4,5)(H2,6,7,8). The first kappa shape index (κ1) is 15.1. The lowest BCUT2D eigenvalue weighted by atomic mass is 10.4. The first-order valence-corrected chi connectivity index (χ1v) is 5.73. The predicted molar refractivity (Wildman–Crippen MR) is 49.7 cm³/mol. The molecule has 80 valence electrons. The molecular formula is C7H17O5P. The second-order valence-electron chi connectivity index (χ2n) is 2.60. The van der Waals surface area contributed by atoms with E-state index in [0.29, 0.717) is 0 Å². The van der Waals surface area contributed by atoms with E-state index in [1.807, 2.05) is 0 Å². The molecule has 0 bridgehead atoms. The number of hydrogen-bond acceptors (Lipinski definition) is 2. The number of carboxylic acids is 1. The molecule has 0 saturated carbocycles. The van der Waals surface area contributed by atoms with Gasteiger partial charge in [-0.2, -0.15) is 0 Å². The maximum absolute atomic E-state index is 10.1. The van der Waals surface area contributed by atoms with Crippen LogP contribution in [-0.2, 0) is 9.36 Å². The van der Waals surface area contributed by atoms with E-state index in [0.717, 1.165) is 6.92 Å². The molecule has 0 aromatic carbocycles. The highest BCUT2D eigenvalue weighted by atomic mass is 31.2. The topological polar surface area (TPSA) is 94.8 Å². The molecule has 0 radical (unpaired) electrons. The van der Waals surface area contributed by atoms with E-state index < -0.39 is 19.2 Å². The fraction of sp³-hybridized carbons (Fsp3) is 0.857. The first-order chi connectivity index (χ1) is 5.77. The smallest absolute Gasteiger partial charge is 0.339 e. The molecule has 0 aliphatic heterocycles. The monoisotopic (exact) mass is 212 g/mol. The average Bonchev–Trinajstić information content (AvgIpc) is 2.02. The van der Waals surface area contributed by atoms with Crippen molar-refractivity contribution in [2.75, 3.05) is 0 Å². The van der Waals surface area contributed by atoms with Gasteiger partial charge in [-0.25, -0.2) is 0 Å². The first-order valence-electron chi connectivity index (χ1n) is 4.05. The van der Waals surface area contributed by atoms with Crippen LogP contribution in [0, 0.1) is 0 Å². The molecule has 5 nitrogen and oxygen atoms in total. The van der Waals surface area contributed by atoms with Crippen LogP contribution in [0.3, 0.4) is 0 Å². The van der Waals surface area contributed by atoms with Gasteiger partial charge in [-0.05, 0) is 6.92 Å². The van der Waals surface area contributed by atoms with Gasteiger partial charge in [0.25, 0.3) is 0 Å². The van der Waals surface area contributed by atoms with E-state index >= 15 is 0 Å². The van der Waals surface area contributed by atoms with Gasteiger partial charge in [0, 0.05) is 0 Å². The number of aliphatic carboxylic acids is 1. The number of carboxylic acid groups (broad SMARTS) is 1. The van der Waals surface area contributed by atoms with Crippen LogP contribution in [0.5, 0.6) is 0 Å². The van der Waals surface area contributed by atoms with Gasteiger partial charge >= 0.3 is 13.6 Å². The van der Waals surface area contributed by atoms with Crippen LogP contribution in [0.2, 0.25) is 0 Å². The third-order valence-electron chi connectivity index (χ3n) is 1.36. The molecule has 0 heterocycles. The van der Waals surface area contributed by atoms with Crippen molar-refractivity contribution < 1.29 is 24.3 Å². The molecule has 0 aliphatic rings. The van der Waals surface area contributed by atoms with Gasteiger partial charge in [0.1, 0.15) is 0 Å². The lowest BCUT2D eigenvalue weighted by molar-refractivity contribution is -0.136. The normalized spacial score (nSPS) is 12.7. The second kappa shape index (κ2) is 7.06. The lowest BCUT2D eigenvalue weighted by Gasteiger charge is -2.06. The maximum atomic E-state index is 10.1. The van der Waals surface area contributed by atoms with Crippen molar-refractivity contribution in [3.63, 3.8) is 0 Å². The summed E-state index contributed by atoms with van der Waals surface area (Å²) in [7, 11) is -4.41. The van der Waals surface area contributed by atoms with Crippen molar-refractivity contribution in [2.24, 2.45) is 0 Å². The fourth-order valence-electron chi connectivity index (χ4n) is 0.144. The van der Waals surface area contributed by atoms with Gasteiger partial charge < -0.3 is 14.9 Å². The van der Waals surface area contributed by atoms with Crippen LogP contribution < -0.4 is 0 Å². The highest BCUT2D eigenvalue weighted by Crippen LogP contribution is 2.40. The number of carbonyl (C=O) groups is 1. The van der Waals surface area contributed by atoms with E-state index in [2.05, 4.69) is 13.8 Å². The summed E-state index contributed by atoms with van der Waals surface area (Å²) in [6.07, 6.45) is 2.64. The molecule has 1 unspecified atom stereocenters. The van der Waals surface area contributed by atoms with Crippen molar-refractivity contribution in [1.29, 1.82) is 0 Å². The summed E-state index contributed by atoms with van der Waals surface area (Å²) in [4.78, 5) is 26.2. The molecule has 0 spiro atoms.